The molecule has 7 heteroatoms. The minimum Gasteiger partial charge on any atom is -0.507 e. The zero-order chi connectivity index (χ0) is 26.5. The predicted molar refractivity (Wildman–Crippen MR) is 138 cm³/mol. The first-order valence-corrected chi connectivity index (χ1v) is 11.6. The highest BCUT2D eigenvalue weighted by Gasteiger charge is 2.24. The Hall–Kier alpha value is -4.26. The summed E-state index contributed by atoms with van der Waals surface area (Å²) >= 11 is 0. The van der Waals surface area contributed by atoms with Crippen LogP contribution in [0.15, 0.2) is 30.3 Å². The molecule has 0 fully saturated rings. The minimum atomic E-state index is -0.323. The molecular formula is C29H29NO6. The molecule has 0 saturated heterocycles. The number of carbonyl (C=O) groups is 2. The SMILES string of the molecule is CC(=O)c1cc(C)c(O)c(Cc2[nH]c3ccc(C)cc3c2Cc2c(O)c(C)cc(C(C)=O)c2O)c1O. The summed E-state index contributed by atoms with van der Waals surface area (Å²) in [5.41, 5.74) is 4.73. The van der Waals surface area contributed by atoms with Gasteiger partial charge in [-0.05, 0) is 75.6 Å². The Labute approximate surface area is 208 Å². The smallest absolute Gasteiger partial charge is 0.163 e. The molecule has 36 heavy (non-hydrogen) atoms. The van der Waals surface area contributed by atoms with Gasteiger partial charge in [0.05, 0.1) is 11.1 Å². The van der Waals surface area contributed by atoms with E-state index in [-0.39, 0.29) is 69.7 Å². The van der Waals surface area contributed by atoms with Crippen LogP contribution in [0.2, 0.25) is 0 Å². The van der Waals surface area contributed by atoms with Crippen molar-refractivity contribution in [3.05, 3.63) is 80.5 Å². The molecule has 0 saturated carbocycles. The lowest BCUT2D eigenvalue weighted by molar-refractivity contribution is 0.100. The monoisotopic (exact) mass is 487 g/mol. The van der Waals surface area contributed by atoms with Crippen molar-refractivity contribution in [3.63, 3.8) is 0 Å². The van der Waals surface area contributed by atoms with E-state index in [1.807, 2.05) is 25.1 Å². The third-order valence-electron chi connectivity index (χ3n) is 6.74. The molecule has 5 N–H and O–H groups in total. The van der Waals surface area contributed by atoms with Crippen LogP contribution in [0.25, 0.3) is 10.9 Å². The molecule has 0 aliphatic carbocycles. The summed E-state index contributed by atoms with van der Waals surface area (Å²) in [4.78, 5) is 27.5. The van der Waals surface area contributed by atoms with E-state index in [9.17, 15) is 30.0 Å². The second kappa shape index (κ2) is 9.07. The number of hydrogen-bond donors (Lipinski definition) is 5. The number of fused-ring (bicyclic) bond motifs is 1. The lowest BCUT2D eigenvalue weighted by Gasteiger charge is -2.16. The number of aromatic amines is 1. The van der Waals surface area contributed by atoms with Crippen molar-refractivity contribution in [2.75, 3.05) is 0 Å². The number of benzene rings is 3. The molecule has 0 aliphatic rings. The number of H-pyrrole nitrogens is 1. The van der Waals surface area contributed by atoms with Crippen LogP contribution in [0.1, 0.15) is 73.6 Å². The molecule has 1 heterocycles. The van der Waals surface area contributed by atoms with Gasteiger partial charge in [-0.15, -0.1) is 0 Å². The topological polar surface area (TPSA) is 131 Å². The van der Waals surface area contributed by atoms with Gasteiger partial charge in [0.25, 0.3) is 0 Å². The van der Waals surface area contributed by atoms with E-state index in [1.165, 1.54) is 26.0 Å². The molecule has 0 aliphatic heterocycles. The molecule has 7 nitrogen and oxygen atoms in total. The molecular weight excluding hydrogens is 458 g/mol. The lowest BCUT2D eigenvalue weighted by Crippen LogP contribution is -2.03. The van der Waals surface area contributed by atoms with Gasteiger partial charge in [-0.25, -0.2) is 0 Å². The molecule has 186 valence electrons. The van der Waals surface area contributed by atoms with Crippen molar-refractivity contribution < 1.29 is 30.0 Å². The summed E-state index contributed by atoms with van der Waals surface area (Å²) in [6, 6.07) is 8.74. The quantitative estimate of drug-likeness (QED) is 0.228. The highest BCUT2D eigenvalue weighted by molar-refractivity contribution is 5.98. The van der Waals surface area contributed by atoms with Gasteiger partial charge >= 0.3 is 0 Å². The van der Waals surface area contributed by atoms with Crippen molar-refractivity contribution in [2.45, 2.75) is 47.5 Å². The van der Waals surface area contributed by atoms with Crippen LogP contribution in [0.3, 0.4) is 0 Å². The zero-order valence-corrected chi connectivity index (χ0v) is 20.9. The van der Waals surface area contributed by atoms with Crippen molar-refractivity contribution >= 4 is 22.5 Å². The standard InChI is InChI=1S/C29H29NO6/c1-13-6-7-24-20(8-13)21(11-22-26(33)14(2)9-18(16(4)31)28(22)35)25(30-24)12-23-27(34)15(3)10-19(17(5)32)29(23)36/h6-10,30,33-36H,11-12H2,1-5H3. The van der Waals surface area contributed by atoms with Gasteiger partial charge in [0, 0.05) is 40.6 Å². The van der Waals surface area contributed by atoms with Crippen molar-refractivity contribution in [2.24, 2.45) is 0 Å². The van der Waals surface area contributed by atoms with Gasteiger partial charge in [0.15, 0.2) is 11.6 Å². The molecule has 0 radical (unpaired) electrons. The minimum absolute atomic E-state index is 0.0651. The maximum absolute atomic E-state index is 12.1. The number of nitrogens with one attached hydrogen (secondary N) is 1. The summed E-state index contributed by atoms with van der Waals surface area (Å²) in [7, 11) is 0. The Balaban J connectivity index is 1.95. The molecule has 0 atom stereocenters. The number of phenols is 4. The molecule has 3 aromatic carbocycles. The lowest BCUT2D eigenvalue weighted by atomic mass is 9.92. The van der Waals surface area contributed by atoms with E-state index in [0.29, 0.717) is 16.8 Å². The Morgan fingerprint density at radius 2 is 1.19 bits per heavy atom. The second-order valence-corrected chi connectivity index (χ2v) is 9.43. The summed E-state index contributed by atoms with van der Waals surface area (Å²) in [6.07, 6.45) is 0.154. The van der Waals surface area contributed by atoms with E-state index in [0.717, 1.165) is 22.0 Å². The number of carbonyl (C=O) groups excluding carboxylic acids is 2. The van der Waals surface area contributed by atoms with Crippen molar-refractivity contribution in [1.29, 1.82) is 0 Å². The average molecular weight is 488 g/mol. The van der Waals surface area contributed by atoms with E-state index in [2.05, 4.69) is 4.98 Å². The van der Waals surface area contributed by atoms with Crippen molar-refractivity contribution in [3.8, 4) is 23.0 Å². The van der Waals surface area contributed by atoms with E-state index in [4.69, 9.17) is 0 Å². The molecule has 0 unspecified atom stereocenters. The Morgan fingerprint density at radius 1 is 0.694 bits per heavy atom. The van der Waals surface area contributed by atoms with Gasteiger partial charge in [0.1, 0.15) is 23.0 Å². The maximum Gasteiger partial charge on any atom is 0.163 e. The number of hydrogen-bond acceptors (Lipinski definition) is 6. The highest BCUT2D eigenvalue weighted by Crippen LogP contribution is 2.40. The number of phenolic OH excluding ortho intramolecular Hbond substituents is 4. The number of rotatable bonds is 6. The van der Waals surface area contributed by atoms with Crippen LogP contribution < -0.4 is 0 Å². The Kier molecular flexibility index (Phi) is 6.26. The largest absolute Gasteiger partial charge is 0.507 e. The second-order valence-electron chi connectivity index (χ2n) is 9.43. The fourth-order valence-electron chi connectivity index (χ4n) is 4.73. The number of Topliss-reactive ketones (excluding diaryl/α,β-unsaturated/α-hetero) is 2. The maximum atomic E-state index is 12.1. The van der Waals surface area contributed by atoms with Gasteiger partial charge in [-0.1, -0.05) is 11.6 Å². The molecule has 1 aromatic heterocycles. The fourth-order valence-corrected chi connectivity index (χ4v) is 4.73. The molecule has 0 bridgehead atoms. The van der Waals surface area contributed by atoms with Crippen molar-refractivity contribution in [1.82, 2.24) is 4.98 Å². The van der Waals surface area contributed by atoms with Crippen LogP contribution in [-0.4, -0.2) is 37.0 Å². The van der Waals surface area contributed by atoms with E-state index >= 15 is 0 Å². The first kappa shape index (κ1) is 24.9. The third-order valence-corrected chi connectivity index (χ3v) is 6.74. The molecule has 4 aromatic rings. The predicted octanol–water partition coefficient (Wildman–Crippen LogP) is 5.50. The first-order chi connectivity index (χ1) is 16.9. The van der Waals surface area contributed by atoms with Gasteiger partial charge in [0.2, 0.25) is 0 Å². The van der Waals surface area contributed by atoms with E-state index in [1.54, 1.807) is 13.8 Å². The van der Waals surface area contributed by atoms with Gasteiger partial charge < -0.3 is 25.4 Å². The summed E-state index contributed by atoms with van der Waals surface area (Å²) in [5, 5.41) is 44.1. The first-order valence-electron chi connectivity index (χ1n) is 11.6. The average Bonchev–Trinajstić information content (AvgIpc) is 3.14. The number of aromatic hydroxyl groups is 4. The Bertz CT molecular complexity index is 1560. The number of aryl methyl sites for hydroxylation is 3. The van der Waals surface area contributed by atoms with Gasteiger partial charge in [-0.3, -0.25) is 9.59 Å². The molecule has 4 rings (SSSR count). The summed E-state index contributed by atoms with van der Waals surface area (Å²) < 4.78 is 0. The van der Waals surface area contributed by atoms with Crippen LogP contribution in [0, 0.1) is 20.8 Å². The summed E-state index contributed by atoms with van der Waals surface area (Å²) in [5.74, 6) is -1.43. The Morgan fingerprint density at radius 3 is 1.69 bits per heavy atom. The molecule has 0 amide bonds. The summed E-state index contributed by atoms with van der Waals surface area (Å²) in [6.45, 7) is 7.97. The number of aromatic nitrogens is 1. The van der Waals surface area contributed by atoms with Gasteiger partial charge in [-0.2, -0.15) is 0 Å². The normalized spacial score (nSPS) is 11.2. The van der Waals surface area contributed by atoms with E-state index < -0.39 is 0 Å². The van der Waals surface area contributed by atoms with Crippen LogP contribution in [-0.2, 0) is 12.8 Å². The van der Waals surface area contributed by atoms with Crippen LogP contribution >= 0.6 is 0 Å². The third kappa shape index (κ3) is 4.17. The molecule has 0 spiro atoms. The number of ketones is 2. The zero-order valence-electron chi connectivity index (χ0n) is 20.9. The van der Waals surface area contributed by atoms with Crippen LogP contribution in [0.4, 0.5) is 0 Å². The fraction of sp³-hybridized carbons (Fsp3) is 0.241. The van der Waals surface area contributed by atoms with Crippen LogP contribution in [0.5, 0.6) is 23.0 Å². The highest BCUT2D eigenvalue weighted by atomic mass is 16.3.